The molecule has 0 aromatic heterocycles. The Labute approximate surface area is 114 Å². The molecule has 0 saturated heterocycles. The van der Waals surface area contributed by atoms with Gasteiger partial charge in [0.25, 0.3) is 0 Å². The molecule has 19 heavy (non-hydrogen) atoms. The summed E-state index contributed by atoms with van der Waals surface area (Å²) in [5.74, 6) is -1.03. The van der Waals surface area contributed by atoms with Crippen LogP contribution >= 0.6 is 0 Å². The summed E-state index contributed by atoms with van der Waals surface area (Å²) in [7, 11) is -3.91. The number of hydrogen-bond donors (Lipinski definition) is 0. The number of benzene rings is 1. The molecule has 0 N–H and O–H groups in total. The van der Waals surface area contributed by atoms with Crippen molar-refractivity contribution in [1.82, 2.24) is 0 Å². The minimum Gasteiger partial charge on any atom is -0.772 e. The third-order valence-electron chi connectivity index (χ3n) is 2.19. The summed E-state index contributed by atoms with van der Waals surface area (Å²) in [6.45, 7) is 1.30. The van der Waals surface area contributed by atoms with E-state index in [1.807, 2.05) is 0 Å². The Balaban J connectivity index is 2.78. The number of rotatable bonds is 7. The normalized spacial score (nSPS) is 12.9. The monoisotopic (exact) mass is 305 g/mol. The highest BCUT2D eigenvalue weighted by atomic mass is 32.2. The molecular weight excluding hydrogens is 292 g/mol. The first kappa shape index (κ1) is 15.8. The molecule has 8 heteroatoms. The molecule has 106 valence electrons. The Morgan fingerprint density at radius 2 is 2.00 bits per heavy atom. The Kier molecular flexibility index (Phi) is 5.64. The van der Waals surface area contributed by atoms with E-state index in [4.69, 9.17) is 4.18 Å². The molecule has 6 nitrogen and oxygen atoms in total. The summed E-state index contributed by atoms with van der Waals surface area (Å²) in [5, 5.41) is 0. The fraction of sp³-hybridized carbons (Fsp3) is 0.364. The average Bonchev–Trinajstić information content (AvgIpc) is 2.27. The zero-order valence-electron chi connectivity index (χ0n) is 10.2. The number of para-hydroxylation sites is 1. The van der Waals surface area contributed by atoms with Crippen molar-refractivity contribution >= 4 is 27.0 Å². The van der Waals surface area contributed by atoms with Gasteiger partial charge in [0.15, 0.2) is 11.5 Å². The minimum atomic E-state index is -3.91. The zero-order valence-corrected chi connectivity index (χ0v) is 11.8. The lowest BCUT2D eigenvalue weighted by Gasteiger charge is -2.10. The Bertz CT molecular complexity index is 579. The van der Waals surface area contributed by atoms with Crippen molar-refractivity contribution < 1.29 is 26.2 Å². The summed E-state index contributed by atoms with van der Waals surface area (Å²) >= 11 is -2.28. The molecule has 0 amide bonds. The predicted molar refractivity (Wildman–Crippen MR) is 69.3 cm³/mol. The number of carbonyl (C=O) groups is 1. The van der Waals surface area contributed by atoms with E-state index < -0.39 is 27.0 Å². The van der Waals surface area contributed by atoms with Crippen molar-refractivity contribution in [3.05, 3.63) is 29.8 Å². The maximum Gasteiger partial charge on any atom is 0.309 e. The number of carbonyl (C=O) groups excluding carboxylic acids is 1. The highest BCUT2D eigenvalue weighted by molar-refractivity contribution is 7.87. The van der Waals surface area contributed by atoms with Crippen molar-refractivity contribution in [3.8, 4) is 5.75 Å². The van der Waals surface area contributed by atoms with E-state index in [9.17, 15) is 22.0 Å². The number of hydrogen-bond acceptors (Lipinski definition) is 6. The molecule has 1 unspecified atom stereocenters. The van der Waals surface area contributed by atoms with E-state index in [0.29, 0.717) is 0 Å². The van der Waals surface area contributed by atoms with Gasteiger partial charge >= 0.3 is 10.1 Å². The second kappa shape index (κ2) is 6.78. The van der Waals surface area contributed by atoms with E-state index in [1.165, 1.54) is 19.1 Å². The van der Waals surface area contributed by atoms with Crippen LogP contribution in [-0.4, -0.2) is 34.5 Å². The zero-order chi connectivity index (χ0) is 14.5. The summed E-state index contributed by atoms with van der Waals surface area (Å²) in [4.78, 5) is 11.3. The van der Waals surface area contributed by atoms with Crippen molar-refractivity contribution in [2.75, 3.05) is 11.5 Å². The van der Waals surface area contributed by atoms with E-state index >= 15 is 0 Å². The van der Waals surface area contributed by atoms with Crippen molar-refractivity contribution in [1.29, 1.82) is 0 Å². The molecule has 1 aromatic carbocycles. The van der Waals surface area contributed by atoms with Gasteiger partial charge in [-0.05, 0) is 25.5 Å². The van der Waals surface area contributed by atoms with Crippen LogP contribution < -0.4 is 4.18 Å². The molecule has 0 aliphatic carbocycles. The van der Waals surface area contributed by atoms with Gasteiger partial charge in [-0.3, -0.25) is 9.00 Å². The summed E-state index contributed by atoms with van der Waals surface area (Å²) in [6.07, 6.45) is -0.0549. The molecule has 0 aliphatic rings. The van der Waals surface area contributed by atoms with Gasteiger partial charge in [-0.1, -0.05) is 23.2 Å². The van der Waals surface area contributed by atoms with Gasteiger partial charge in [-0.25, -0.2) is 0 Å². The summed E-state index contributed by atoms with van der Waals surface area (Å²) < 4.78 is 48.7. The van der Waals surface area contributed by atoms with Gasteiger partial charge in [0.1, 0.15) is 0 Å². The lowest BCUT2D eigenvalue weighted by molar-refractivity contribution is 0.101. The molecule has 1 rings (SSSR count). The molecule has 1 aromatic rings. The standard InChI is InChI=1S/C11H14O6S2/c1-9(12)10-5-2-3-6-11(10)17-19(15,16)8-4-7-18(13)14/h2-3,5-6H,4,7-8H2,1H3,(H,13,14)/p-1. The van der Waals surface area contributed by atoms with E-state index in [0.717, 1.165) is 0 Å². The van der Waals surface area contributed by atoms with Crippen LogP contribution in [0.4, 0.5) is 0 Å². The lowest BCUT2D eigenvalue weighted by Crippen LogP contribution is -2.17. The fourth-order valence-electron chi connectivity index (χ4n) is 1.36. The first-order valence-corrected chi connectivity index (χ1v) is 8.22. The molecule has 0 radical (unpaired) electrons. The molecule has 1 atom stereocenters. The molecule has 0 aliphatic heterocycles. The van der Waals surface area contributed by atoms with Gasteiger partial charge in [0.2, 0.25) is 0 Å². The quantitative estimate of drug-likeness (QED) is 0.421. The van der Waals surface area contributed by atoms with Crippen LogP contribution in [0.2, 0.25) is 0 Å². The molecule has 0 fully saturated rings. The highest BCUT2D eigenvalue weighted by Gasteiger charge is 2.16. The van der Waals surface area contributed by atoms with E-state index in [1.54, 1.807) is 12.1 Å². The maximum absolute atomic E-state index is 11.6. The third kappa shape index (κ3) is 5.50. The van der Waals surface area contributed by atoms with Crippen LogP contribution in [0.3, 0.4) is 0 Å². The van der Waals surface area contributed by atoms with Crippen LogP contribution in [0, 0.1) is 0 Å². The van der Waals surface area contributed by atoms with Crippen LogP contribution in [0.15, 0.2) is 24.3 Å². The van der Waals surface area contributed by atoms with Gasteiger partial charge in [0, 0.05) is 5.75 Å². The van der Waals surface area contributed by atoms with Crippen LogP contribution in [-0.2, 0) is 21.2 Å². The molecular formula is C11H13O6S2-. The Morgan fingerprint density at radius 3 is 2.58 bits per heavy atom. The largest absolute Gasteiger partial charge is 0.772 e. The Hall–Kier alpha value is -1.25. The highest BCUT2D eigenvalue weighted by Crippen LogP contribution is 2.20. The number of ketones is 1. The summed E-state index contributed by atoms with van der Waals surface area (Å²) in [6, 6.07) is 5.97. The first-order chi connectivity index (χ1) is 8.82. The first-order valence-electron chi connectivity index (χ1n) is 5.40. The topological polar surface area (TPSA) is 101 Å². The minimum absolute atomic E-state index is 0.0433. The van der Waals surface area contributed by atoms with Crippen LogP contribution in [0.25, 0.3) is 0 Å². The lowest BCUT2D eigenvalue weighted by atomic mass is 10.1. The van der Waals surface area contributed by atoms with Crippen molar-refractivity contribution in [2.24, 2.45) is 0 Å². The fourth-order valence-corrected chi connectivity index (χ4v) is 2.93. The summed E-state index contributed by atoms with van der Waals surface area (Å²) in [5.41, 5.74) is 0.165. The predicted octanol–water partition coefficient (Wildman–Crippen LogP) is 0.867. The van der Waals surface area contributed by atoms with E-state index in [2.05, 4.69) is 0 Å². The third-order valence-corrected chi connectivity index (χ3v) is 4.03. The van der Waals surface area contributed by atoms with Crippen LogP contribution in [0.1, 0.15) is 23.7 Å². The SMILES string of the molecule is CC(=O)c1ccccc1OS(=O)(=O)CCCS(=O)[O-]. The van der Waals surface area contributed by atoms with Gasteiger partial charge in [-0.2, -0.15) is 8.42 Å². The second-order valence-electron chi connectivity index (χ2n) is 3.76. The van der Waals surface area contributed by atoms with Gasteiger partial charge in [0.05, 0.1) is 11.3 Å². The van der Waals surface area contributed by atoms with Gasteiger partial charge in [-0.15, -0.1) is 0 Å². The van der Waals surface area contributed by atoms with Gasteiger partial charge < -0.3 is 8.74 Å². The molecule has 0 heterocycles. The van der Waals surface area contributed by atoms with E-state index in [-0.39, 0.29) is 29.3 Å². The van der Waals surface area contributed by atoms with Crippen molar-refractivity contribution in [3.63, 3.8) is 0 Å². The molecule has 0 spiro atoms. The maximum atomic E-state index is 11.6. The second-order valence-corrected chi connectivity index (χ2v) is 6.46. The average molecular weight is 305 g/mol. The molecule has 0 saturated carbocycles. The Morgan fingerprint density at radius 1 is 1.37 bits per heavy atom. The van der Waals surface area contributed by atoms with Crippen molar-refractivity contribution in [2.45, 2.75) is 13.3 Å². The number of Topliss-reactive ketones (excluding diaryl/α,β-unsaturated/α-hetero) is 1. The molecule has 0 bridgehead atoms. The van der Waals surface area contributed by atoms with Crippen LogP contribution in [0.5, 0.6) is 5.75 Å². The smallest absolute Gasteiger partial charge is 0.309 e.